The molecule has 2 aromatic carbocycles. The number of benzene rings is 2. The molecule has 1 atom stereocenters. The van der Waals surface area contributed by atoms with E-state index in [4.69, 9.17) is 11.6 Å². The number of rotatable bonds is 3. The van der Waals surface area contributed by atoms with Crippen LogP contribution in [-0.4, -0.2) is 36.9 Å². The number of likely N-dealkylation sites (N-methyl/N-ethyl adjacent to an activating group) is 1. The van der Waals surface area contributed by atoms with Gasteiger partial charge in [0.25, 0.3) is 5.91 Å². The fraction of sp³-hybridized carbons (Fsp3) is 0.385. The number of aryl methyl sites for hydroxylation is 1. The highest BCUT2D eigenvalue weighted by molar-refractivity contribution is 6.31. The minimum Gasteiger partial charge on any atom is -0.374 e. The highest BCUT2D eigenvalue weighted by atomic mass is 35.5. The first kappa shape index (κ1) is 22.2. The first-order chi connectivity index (χ1) is 15.1. The topological polar surface area (TPSA) is 52.7 Å². The van der Waals surface area contributed by atoms with Crippen molar-refractivity contribution in [2.24, 2.45) is 0 Å². The zero-order valence-corrected chi connectivity index (χ0v) is 19.9. The molecule has 0 unspecified atom stereocenters. The summed E-state index contributed by atoms with van der Waals surface area (Å²) in [5.41, 5.74) is 3.75. The quantitative estimate of drug-likeness (QED) is 0.703. The van der Waals surface area contributed by atoms with E-state index >= 15 is 0 Å². The molecule has 0 spiro atoms. The molecule has 0 radical (unpaired) electrons. The SMILES string of the molecule is CC#CC(=O)N1CC[C@@](Nc2ccc3c(c2)N(C)C(=O)C3(C)C)(c2c(C)cccc2Cl)C1. The molecule has 2 amide bonds. The summed E-state index contributed by atoms with van der Waals surface area (Å²) in [5.74, 6) is 5.26. The highest BCUT2D eigenvalue weighted by Gasteiger charge is 2.45. The molecule has 1 N–H and O–H groups in total. The van der Waals surface area contributed by atoms with Gasteiger partial charge in [-0.25, -0.2) is 0 Å². The fourth-order valence-electron chi connectivity index (χ4n) is 5.11. The standard InChI is InChI=1S/C26H28ClN3O2/c1-6-8-22(31)30-14-13-26(16-30,23-17(2)9-7-10-20(23)27)28-18-11-12-19-21(15-18)29(5)24(32)25(19,3)4/h7,9-12,15,28H,13-14,16H2,1-5H3/t26-/m0/s1. The molecule has 4 rings (SSSR count). The van der Waals surface area contributed by atoms with Gasteiger partial charge in [0, 0.05) is 42.1 Å². The molecule has 0 saturated carbocycles. The molecule has 1 fully saturated rings. The Morgan fingerprint density at radius 1 is 1.22 bits per heavy atom. The normalized spacial score (nSPS) is 21.2. The Morgan fingerprint density at radius 2 is 1.97 bits per heavy atom. The van der Waals surface area contributed by atoms with Crippen LogP contribution in [0.2, 0.25) is 5.02 Å². The van der Waals surface area contributed by atoms with Gasteiger partial charge in [0.2, 0.25) is 5.91 Å². The van der Waals surface area contributed by atoms with Crippen molar-refractivity contribution in [3.8, 4) is 11.8 Å². The predicted octanol–water partition coefficient (Wildman–Crippen LogP) is 4.47. The Hall–Kier alpha value is -2.97. The first-order valence-electron chi connectivity index (χ1n) is 10.8. The predicted molar refractivity (Wildman–Crippen MR) is 129 cm³/mol. The second-order valence-corrected chi connectivity index (χ2v) is 9.62. The van der Waals surface area contributed by atoms with Crippen molar-refractivity contribution < 1.29 is 9.59 Å². The van der Waals surface area contributed by atoms with Crippen molar-refractivity contribution in [2.45, 2.75) is 45.1 Å². The minimum absolute atomic E-state index is 0.0806. The lowest BCUT2D eigenvalue weighted by Crippen LogP contribution is -2.40. The molecule has 166 valence electrons. The molecular weight excluding hydrogens is 422 g/mol. The van der Waals surface area contributed by atoms with Crippen LogP contribution in [0.3, 0.4) is 0 Å². The van der Waals surface area contributed by atoms with Crippen molar-refractivity contribution in [3.63, 3.8) is 0 Å². The molecule has 1 saturated heterocycles. The van der Waals surface area contributed by atoms with Gasteiger partial charge in [-0.3, -0.25) is 9.59 Å². The zero-order chi connectivity index (χ0) is 23.3. The lowest BCUT2D eigenvalue weighted by molar-refractivity contribution is -0.124. The van der Waals surface area contributed by atoms with Crippen LogP contribution >= 0.6 is 11.6 Å². The van der Waals surface area contributed by atoms with Crippen LogP contribution in [0.1, 0.15) is 43.9 Å². The largest absolute Gasteiger partial charge is 0.374 e. The Bertz CT molecular complexity index is 1160. The van der Waals surface area contributed by atoms with Crippen molar-refractivity contribution in [1.82, 2.24) is 4.90 Å². The number of nitrogens with zero attached hydrogens (tertiary/aromatic N) is 2. The van der Waals surface area contributed by atoms with E-state index in [1.165, 1.54) is 0 Å². The lowest BCUT2D eigenvalue weighted by Gasteiger charge is -2.34. The summed E-state index contributed by atoms with van der Waals surface area (Å²) < 4.78 is 0. The molecule has 2 heterocycles. The Labute approximate surface area is 194 Å². The maximum absolute atomic E-state index is 12.7. The van der Waals surface area contributed by atoms with Crippen LogP contribution in [0.25, 0.3) is 0 Å². The van der Waals surface area contributed by atoms with Crippen molar-refractivity contribution in [1.29, 1.82) is 0 Å². The van der Waals surface area contributed by atoms with Crippen molar-refractivity contribution >= 4 is 34.8 Å². The Kier molecular flexibility index (Phi) is 5.46. The van der Waals surface area contributed by atoms with E-state index in [0.717, 1.165) is 28.1 Å². The van der Waals surface area contributed by atoms with Crippen LogP contribution in [0.4, 0.5) is 11.4 Å². The number of carbonyl (C=O) groups excluding carboxylic acids is 2. The summed E-state index contributed by atoms with van der Waals surface area (Å²) in [5, 5.41) is 4.38. The fourth-order valence-corrected chi connectivity index (χ4v) is 5.51. The number of anilines is 2. The molecule has 0 aromatic heterocycles. The first-order valence-corrected chi connectivity index (χ1v) is 11.2. The van der Waals surface area contributed by atoms with Crippen molar-refractivity contribution in [2.75, 3.05) is 30.4 Å². The maximum Gasteiger partial charge on any atom is 0.298 e. The number of fused-ring (bicyclic) bond motifs is 1. The minimum atomic E-state index is -0.557. The smallest absolute Gasteiger partial charge is 0.298 e. The van der Waals surface area contributed by atoms with Gasteiger partial charge in [-0.1, -0.05) is 35.7 Å². The molecule has 5 nitrogen and oxygen atoms in total. The van der Waals surface area contributed by atoms with Gasteiger partial charge in [-0.2, -0.15) is 0 Å². The van der Waals surface area contributed by atoms with Gasteiger partial charge in [-0.15, -0.1) is 0 Å². The number of halogens is 1. The molecular formula is C26H28ClN3O2. The zero-order valence-electron chi connectivity index (χ0n) is 19.2. The molecule has 2 aliphatic heterocycles. The van der Waals surface area contributed by atoms with Crippen LogP contribution in [-0.2, 0) is 20.5 Å². The molecule has 2 aromatic rings. The second-order valence-electron chi connectivity index (χ2n) is 9.21. The van der Waals surface area contributed by atoms with E-state index in [2.05, 4.69) is 17.2 Å². The van der Waals surface area contributed by atoms with Gasteiger partial charge in [0.15, 0.2) is 0 Å². The van der Waals surface area contributed by atoms with E-state index in [0.29, 0.717) is 24.5 Å². The van der Waals surface area contributed by atoms with Crippen LogP contribution in [0, 0.1) is 18.8 Å². The van der Waals surface area contributed by atoms with Gasteiger partial charge in [0.1, 0.15) is 0 Å². The summed E-state index contributed by atoms with van der Waals surface area (Å²) in [7, 11) is 1.81. The van der Waals surface area contributed by atoms with Crippen LogP contribution < -0.4 is 10.2 Å². The van der Waals surface area contributed by atoms with E-state index < -0.39 is 11.0 Å². The summed E-state index contributed by atoms with van der Waals surface area (Å²) in [6.45, 7) is 8.66. The summed E-state index contributed by atoms with van der Waals surface area (Å²) >= 11 is 6.70. The summed E-state index contributed by atoms with van der Waals surface area (Å²) in [6.07, 6.45) is 0.700. The number of nitrogens with one attached hydrogen (secondary N) is 1. The Morgan fingerprint density at radius 3 is 2.66 bits per heavy atom. The van der Waals surface area contributed by atoms with Gasteiger partial charge in [-0.05, 0) is 69.4 Å². The van der Waals surface area contributed by atoms with Gasteiger partial charge < -0.3 is 15.1 Å². The van der Waals surface area contributed by atoms with E-state index in [1.54, 1.807) is 16.7 Å². The average molecular weight is 450 g/mol. The maximum atomic E-state index is 12.7. The number of hydrogen-bond donors (Lipinski definition) is 1. The summed E-state index contributed by atoms with van der Waals surface area (Å²) in [4.78, 5) is 28.8. The molecule has 0 aliphatic carbocycles. The van der Waals surface area contributed by atoms with E-state index in [9.17, 15) is 9.59 Å². The molecule has 2 aliphatic rings. The number of likely N-dealkylation sites (tertiary alicyclic amines) is 1. The van der Waals surface area contributed by atoms with E-state index in [1.807, 2.05) is 64.2 Å². The molecule has 0 bridgehead atoms. The van der Waals surface area contributed by atoms with Gasteiger partial charge in [0.05, 0.1) is 11.0 Å². The third kappa shape index (κ3) is 3.43. The van der Waals surface area contributed by atoms with Crippen molar-refractivity contribution in [3.05, 3.63) is 58.1 Å². The third-order valence-electron chi connectivity index (χ3n) is 6.74. The average Bonchev–Trinajstić information content (AvgIpc) is 3.23. The third-order valence-corrected chi connectivity index (χ3v) is 7.06. The van der Waals surface area contributed by atoms with Crippen LogP contribution in [0.5, 0.6) is 0 Å². The Balaban J connectivity index is 1.78. The van der Waals surface area contributed by atoms with Gasteiger partial charge >= 0.3 is 0 Å². The monoisotopic (exact) mass is 449 g/mol. The number of hydrogen-bond acceptors (Lipinski definition) is 3. The highest BCUT2D eigenvalue weighted by Crippen LogP contribution is 2.45. The summed E-state index contributed by atoms with van der Waals surface area (Å²) in [6, 6.07) is 11.9. The number of carbonyl (C=O) groups is 2. The second kappa shape index (κ2) is 7.86. The van der Waals surface area contributed by atoms with Crippen LogP contribution in [0.15, 0.2) is 36.4 Å². The lowest BCUT2D eigenvalue weighted by atomic mass is 9.84. The van der Waals surface area contributed by atoms with E-state index in [-0.39, 0.29) is 11.8 Å². The molecule has 6 heteroatoms. The number of amides is 2. The molecule has 32 heavy (non-hydrogen) atoms.